The lowest BCUT2D eigenvalue weighted by Crippen LogP contribution is -2.32. The number of halogens is 2. The van der Waals surface area contributed by atoms with Crippen molar-refractivity contribution in [2.24, 2.45) is 0 Å². The Labute approximate surface area is 174 Å². The highest BCUT2D eigenvalue weighted by molar-refractivity contribution is 6.36. The molecule has 12 heteroatoms. The minimum Gasteiger partial charge on any atom is -0.393 e. The van der Waals surface area contributed by atoms with Crippen LogP contribution in [0.3, 0.4) is 0 Å². The van der Waals surface area contributed by atoms with E-state index in [1.807, 2.05) is 0 Å². The Kier molecular flexibility index (Phi) is 6.27. The molecule has 0 radical (unpaired) electrons. The van der Waals surface area contributed by atoms with Crippen molar-refractivity contribution >= 4 is 52.3 Å². The fourth-order valence-electron chi connectivity index (χ4n) is 2.14. The molecule has 0 saturated carbocycles. The van der Waals surface area contributed by atoms with Crippen molar-refractivity contribution in [3.05, 3.63) is 70.2 Å². The first kappa shape index (κ1) is 20.1. The molecule has 0 spiro atoms. The molecular weight excluding hydrogens is 419 g/mol. The van der Waals surface area contributed by atoms with Crippen LogP contribution in [0.1, 0.15) is 20.7 Å². The van der Waals surface area contributed by atoms with Gasteiger partial charge in [-0.2, -0.15) is 0 Å². The molecule has 6 N–H and O–H groups in total. The Balaban J connectivity index is 1.64. The van der Waals surface area contributed by atoms with Crippen molar-refractivity contribution in [3.8, 4) is 0 Å². The van der Waals surface area contributed by atoms with Gasteiger partial charge in [-0.3, -0.25) is 36.3 Å². The fourth-order valence-corrected chi connectivity index (χ4v) is 2.64. The zero-order valence-corrected chi connectivity index (χ0v) is 16.1. The molecule has 0 aliphatic heterocycles. The lowest BCUT2D eigenvalue weighted by Gasteiger charge is -2.14. The lowest BCUT2D eigenvalue weighted by atomic mass is 10.2. The molecule has 2 amide bonds. The van der Waals surface area contributed by atoms with Gasteiger partial charge in [-0.15, -0.1) is 0 Å². The van der Waals surface area contributed by atoms with Crippen molar-refractivity contribution in [2.45, 2.75) is 0 Å². The SMILES string of the molecule is Nc1c(NNC(=O)c2ccncc2)ncnc1NNC(=O)c1ccc(Cl)cc1Cl. The minimum atomic E-state index is -0.523. The van der Waals surface area contributed by atoms with Crippen LogP contribution in [0.15, 0.2) is 49.1 Å². The third kappa shape index (κ3) is 5.00. The normalized spacial score (nSPS) is 10.1. The second kappa shape index (κ2) is 9.04. The maximum Gasteiger partial charge on any atom is 0.271 e. The number of nitrogens with one attached hydrogen (secondary N) is 4. The van der Waals surface area contributed by atoms with Crippen LogP contribution in [0.25, 0.3) is 0 Å². The van der Waals surface area contributed by atoms with Gasteiger partial charge in [0.25, 0.3) is 11.8 Å². The number of anilines is 3. The largest absolute Gasteiger partial charge is 0.393 e. The van der Waals surface area contributed by atoms with Gasteiger partial charge in [-0.25, -0.2) is 9.97 Å². The van der Waals surface area contributed by atoms with Crippen LogP contribution < -0.4 is 27.4 Å². The topological polar surface area (TPSA) is 147 Å². The number of nitrogens with two attached hydrogens (primary N) is 1. The molecular formula is C17H14Cl2N8O2. The van der Waals surface area contributed by atoms with Crippen LogP contribution in [-0.4, -0.2) is 26.8 Å². The van der Waals surface area contributed by atoms with Crippen LogP contribution in [0, 0.1) is 0 Å². The van der Waals surface area contributed by atoms with Crippen LogP contribution in [0.4, 0.5) is 17.3 Å². The summed E-state index contributed by atoms with van der Waals surface area (Å²) < 4.78 is 0. The summed E-state index contributed by atoms with van der Waals surface area (Å²) >= 11 is 11.8. The first-order chi connectivity index (χ1) is 14.0. The summed E-state index contributed by atoms with van der Waals surface area (Å²) in [6, 6.07) is 7.56. The van der Waals surface area contributed by atoms with E-state index in [0.717, 1.165) is 0 Å². The highest BCUT2D eigenvalue weighted by atomic mass is 35.5. The van der Waals surface area contributed by atoms with E-state index in [1.165, 1.54) is 36.9 Å². The Morgan fingerprint density at radius 3 is 2.14 bits per heavy atom. The number of pyridine rings is 1. The number of amides is 2. The molecule has 3 rings (SSSR count). The molecule has 29 heavy (non-hydrogen) atoms. The molecule has 0 bridgehead atoms. The molecule has 2 heterocycles. The lowest BCUT2D eigenvalue weighted by molar-refractivity contribution is 0.0954. The zero-order chi connectivity index (χ0) is 20.8. The van der Waals surface area contributed by atoms with Crippen molar-refractivity contribution in [3.63, 3.8) is 0 Å². The Morgan fingerprint density at radius 1 is 0.897 bits per heavy atom. The fraction of sp³-hybridized carbons (Fsp3) is 0. The van der Waals surface area contributed by atoms with Crippen LogP contribution in [-0.2, 0) is 0 Å². The van der Waals surface area contributed by atoms with Crippen molar-refractivity contribution in [1.29, 1.82) is 0 Å². The van der Waals surface area contributed by atoms with E-state index >= 15 is 0 Å². The van der Waals surface area contributed by atoms with Gasteiger partial charge in [0, 0.05) is 23.0 Å². The summed E-state index contributed by atoms with van der Waals surface area (Å²) in [5.74, 6) is -0.696. The summed E-state index contributed by atoms with van der Waals surface area (Å²) in [5, 5.41) is 0.595. The van der Waals surface area contributed by atoms with E-state index in [4.69, 9.17) is 28.9 Å². The minimum absolute atomic E-state index is 0.0602. The zero-order valence-electron chi connectivity index (χ0n) is 14.6. The molecule has 10 nitrogen and oxygen atoms in total. The Morgan fingerprint density at radius 2 is 1.52 bits per heavy atom. The molecule has 0 fully saturated rings. The number of aromatic nitrogens is 3. The van der Waals surface area contributed by atoms with Gasteiger partial charge in [-0.1, -0.05) is 23.2 Å². The number of nitrogens with zero attached hydrogens (tertiary/aromatic N) is 3. The number of rotatable bonds is 6. The summed E-state index contributed by atoms with van der Waals surface area (Å²) in [5.41, 5.74) is 16.7. The number of carbonyl (C=O) groups excluding carboxylic acids is 2. The summed E-state index contributed by atoms with van der Waals surface area (Å²) in [4.78, 5) is 36.1. The van der Waals surface area contributed by atoms with E-state index in [0.29, 0.717) is 10.6 Å². The maximum absolute atomic E-state index is 12.3. The number of hydrazine groups is 2. The van der Waals surface area contributed by atoms with E-state index in [1.54, 1.807) is 12.1 Å². The molecule has 2 aromatic heterocycles. The van der Waals surface area contributed by atoms with Crippen molar-refractivity contribution < 1.29 is 9.59 Å². The number of carbonyl (C=O) groups is 2. The number of nitrogen functional groups attached to an aromatic ring is 1. The molecule has 148 valence electrons. The third-order valence-electron chi connectivity index (χ3n) is 3.59. The summed E-state index contributed by atoms with van der Waals surface area (Å²) in [7, 11) is 0. The quantitative estimate of drug-likeness (QED) is 0.372. The van der Waals surface area contributed by atoms with Gasteiger partial charge >= 0.3 is 0 Å². The summed E-state index contributed by atoms with van der Waals surface area (Å²) in [6.07, 6.45) is 4.18. The Hall–Kier alpha value is -3.63. The molecule has 0 aliphatic rings. The van der Waals surface area contributed by atoms with E-state index < -0.39 is 11.8 Å². The first-order valence-electron chi connectivity index (χ1n) is 8.04. The number of benzene rings is 1. The van der Waals surface area contributed by atoms with E-state index in [-0.39, 0.29) is 27.9 Å². The monoisotopic (exact) mass is 432 g/mol. The van der Waals surface area contributed by atoms with Gasteiger partial charge in [0.15, 0.2) is 11.6 Å². The predicted molar refractivity (Wildman–Crippen MR) is 109 cm³/mol. The molecule has 1 aromatic carbocycles. The molecule has 0 atom stereocenters. The number of hydrogen-bond acceptors (Lipinski definition) is 8. The van der Waals surface area contributed by atoms with Gasteiger partial charge in [-0.05, 0) is 30.3 Å². The van der Waals surface area contributed by atoms with Gasteiger partial charge in [0.1, 0.15) is 12.0 Å². The predicted octanol–water partition coefficient (Wildman–Crippen LogP) is 2.27. The molecule has 0 unspecified atom stereocenters. The third-order valence-corrected chi connectivity index (χ3v) is 4.14. The average Bonchev–Trinajstić information content (AvgIpc) is 2.72. The Bertz CT molecular complexity index is 1050. The molecule has 0 saturated heterocycles. The molecule has 0 aliphatic carbocycles. The highest BCUT2D eigenvalue weighted by Crippen LogP contribution is 2.22. The van der Waals surface area contributed by atoms with Crippen molar-refractivity contribution in [2.75, 3.05) is 16.6 Å². The first-order valence-corrected chi connectivity index (χ1v) is 8.79. The van der Waals surface area contributed by atoms with Gasteiger partial charge in [0.2, 0.25) is 0 Å². The average molecular weight is 433 g/mol. The second-order valence-electron chi connectivity index (χ2n) is 5.50. The standard InChI is InChI=1S/C17H14Cl2N8O2/c18-10-1-2-11(12(19)7-10)17(29)27-25-15-13(20)14(22-8-23-15)24-26-16(28)9-3-5-21-6-4-9/h1-8H,20H2,(H,26,28)(H,27,29)(H2,22,23,24,25). The van der Waals surface area contributed by atoms with Crippen molar-refractivity contribution in [1.82, 2.24) is 25.8 Å². The number of hydrogen-bond donors (Lipinski definition) is 5. The van der Waals surface area contributed by atoms with Crippen LogP contribution >= 0.6 is 23.2 Å². The van der Waals surface area contributed by atoms with Crippen LogP contribution in [0.5, 0.6) is 0 Å². The van der Waals surface area contributed by atoms with E-state index in [9.17, 15) is 9.59 Å². The maximum atomic E-state index is 12.3. The molecule has 3 aromatic rings. The van der Waals surface area contributed by atoms with Crippen LogP contribution in [0.2, 0.25) is 10.0 Å². The van der Waals surface area contributed by atoms with Gasteiger partial charge in [0.05, 0.1) is 10.6 Å². The van der Waals surface area contributed by atoms with Gasteiger partial charge < -0.3 is 5.73 Å². The highest BCUT2D eigenvalue weighted by Gasteiger charge is 2.13. The summed E-state index contributed by atoms with van der Waals surface area (Å²) in [6.45, 7) is 0. The smallest absolute Gasteiger partial charge is 0.271 e. The second-order valence-corrected chi connectivity index (χ2v) is 6.35. The van der Waals surface area contributed by atoms with E-state index in [2.05, 4.69) is 36.7 Å².